The summed E-state index contributed by atoms with van der Waals surface area (Å²) in [6.07, 6.45) is -11.2. The number of aliphatic hydroxyl groups is 2. The van der Waals surface area contributed by atoms with Gasteiger partial charge in [0.1, 0.15) is 18.3 Å². The Morgan fingerprint density at radius 3 is 1.67 bits per heavy atom. The Morgan fingerprint density at radius 2 is 1.25 bits per heavy atom. The van der Waals surface area contributed by atoms with Crippen LogP contribution in [0.2, 0.25) is 0 Å². The van der Waals surface area contributed by atoms with E-state index < -0.39 is 68.5 Å². The Morgan fingerprint density at radius 1 is 0.792 bits per heavy atom. The van der Waals surface area contributed by atoms with Gasteiger partial charge in [-0.25, -0.2) is 12.5 Å². The molecule has 0 aromatic carbocycles. The lowest BCUT2D eigenvalue weighted by atomic mass is 9.99. The summed E-state index contributed by atoms with van der Waals surface area (Å²) >= 11 is 0. The molecule has 144 valence electrons. The molecule has 15 nitrogen and oxygen atoms in total. The van der Waals surface area contributed by atoms with Crippen LogP contribution in [0.15, 0.2) is 0 Å². The fourth-order valence-corrected chi connectivity index (χ4v) is 3.02. The minimum Gasteiger partial charge on any atom is -0.387 e. The van der Waals surface area contributed by atoms with Crippen LogP contribution in [-0.4, -0.2) is 86.4 Å². The van der Waals surface area contributed by atoms with Crippen LogP contribution in [0.5, 0.6) is 0 Å². The summed E-state index contributed by atoms with van der Waals surface area (Å²) in [5.74, 6) is 0. The largest absolute Gasteiger partial charge is 0.397 e. The molecular formula is C6H12O15S3. The van der Waals surface area contributed by atoms with Gasteiger partial charge in [0.2, 0.25) is 0 Å². The van der Waals surface area contributed by atoms with Gasteiger partial charge in [-0.2, -0.15) is 25.3 Å². The summed E-state index contributed by atoms with van der Waals surface area (Å²) in [7, 11) is -15.6. The fraction of sp³-hybridized carbons (Fsp3) is 1.00. The number of aliphatic hydroxyl groups excluding tert-OH is 2. The first-order chi connectivity index (χ1) is 10.6. The third-order valence-corrected chi connectivity index (χ3v) is 3.85. The zero-order chi connectivity index (χ0) is 18.9. The van der Waals surface area contributed by atoms with Gasteiger partial charge >= 0.3 is 31.2 Å². The Kier molecular flexibility index (Phi) is 6.63. The average molecular weight is 420 g/mol. The van der Waals surface area contributed by atoms with E-state index in [1.807, 2.05) is 0 Å². The van der Waals surface area contributed by atoms with Gasteiger partial charge in [-0.05, 0) is 0 Å². The first kappa shape index (κ1) is 21.5. The van der Waals surface area contributed by atoms with E-state index in [9.17, 15) is 35.5 Å². The van der Waals surface area contributed by atoms with Crippen LogP contribution in [0, 0.1) is 0 Å². The van der Waals surface area contributed by atoms with Gasteiger partial charge in [0.15, 0.2) is 12.4 Å². The second-order valence-corrected chi connectivity index (χ2v) is 7.43. The number of rotatable bonds is 7. The minimum absolute atomic E-state index is 1.22. The monoisotopic (exact) mass is 420 g/mol. The van der Waals surface area contributed by atoms with Crippen LogP contribution < -0.4 is 0 Å². The third-order valence-electron chi connectivity index (χ3n) is 2.48. The fourth-order valence-electron chi connectivity index (χ4n) is 1.70. The molecule has 5 atom stereocenters. The van der Waals surface area contributed by atoms with Crippen molar-refractivity contribution in [3.8, 4) is 0 Å². The zero-order valence-corrected chi connectivity index (χ0v) is 13.6. The molecule has 0 aromatic rings. The molecule has 1 rings (SSSR count). The van der Waals surface area contributed by atoms with Crippen molar-refractivity contribution in [2.75, 3.05) is 6.61 Å². The number of hydrogen-bond acceptors (Lipinski definition) is 12. The van der Waals surface area contributed by atoms with Gasteiger partial charge in [0, 0.05) is 0 Å². The highest BCUT2D eigenvalue weighted by Gasteiger charge is 2.50. The van der Waals surface area contributed by atoms with E-state index in [0.29, 0.717) is 0 Å². The molecule has 0 aliphatic carbocycles. The Bertz CT molecular complexity index is 734. The molecule has 1 aliphatic rings. The van der Waals surface area contributed by atoms with Gasteiger partial charge in [-0.15, -0.1) is 0 Å². The molecule has 0 radical (unpaired) electrons. The average Bonchev–Trinajstić information content (AvgIpc) is 2.32. The summed E-state index contributed by atoms with van der Waals surface area (Å²) < 4.78 is 106. The van der Waals surface area contributed by atoms with Crippen molar-refractivity contribution in [3.05, 3.63) is 0 Å². The van der Waals surface area contributed by atoms with Crippen molar-refractivity contribution >= 4 is 31.2 Å². The molecule has 0 amide bonds. The lowest BCUT2D eigenvalue weighted by Gasteiger charge is -2.40. The molecule has 0 bridgehead atoms. The first-order valence-electron chi connectivity index (χ1n) is 5.54. The first-order valence-corrected chi connectivity index (χ1v) is 9.63. The maximum atomic E-state index is 10.8. The topological polar surface area (TPSA) is 240 Å². The van der Waals surface area contributed by atoms with E-state index in [1.54, 1.807) is 0 Å². The van der Waals surface area contributed by atoms with E-state index in [2.05, 4.69) is 17.3 Å². The Hall–Kier alpha value is -0.510. The minimum atomic E-state index is -5.28. The predicted octanol–water partition coefficient (Wildman–Crippen LogP) is -3.74. The highest BCUT2D eigenvalue weighted by Crippen LogP contribution is 2.27. The summed E-state index contributed by atoms with van der Waals surface area (Å²) in [6, 6.07) is 0. The smallest absolute Gasteiger partial charge is 0.387 e. The van der Waals surface area contributed by atoms with Crippen molar-refractivity contribution in [1.29, 1.82) is 0 Å². The highest BCUT2D eigenvalue weighted by atomic mass is 32.3. The molecular weight excluding hydrogens is 408 g/mol. The molecule has 24 heavy (non-hydrogen) atoms. The SMILES string of the molecule is O=S(=O)(O)OC[C@H]1O[C@H](O)[C@@H](OS(=O)(=O)O)[C@@H](O)[C@@H]1OS(=O)(=O)O. The summed E-state index contributed by atoms with van der Waals surface area (Å²) in [5.41, 5.74) is 0. The van der Waals surface area contributed by atoms with E-state index in [-0.39, 0.29) is 0 Å². The normalized spacial score (nSPS) is 32.6. The molecule has 0 spiro atoms. The zero-order valence-electron chi connectivity index (χ0n) is 11.1. The molecule has 1 fully saturated rings. The van der Waals surface area contributed by atoms with Gasteiger partial charge in [0.25, 0.3) is 0 Å². The van der Waals surface area contributed by atoms with Crippen LogP contribution in [-0.2, 0) is 48.5 Å². The highest BCUT2D eigenvalue weighted by molar-refractivity contribution is 7.81. The van der Waals surface area contributed by atoms with Crippen LogP contribution >= 0.6 is 0 Å². The lowest BCUT2D eigenvalue weighted by Crippen LogP contribution is -2.61. The van der Waals surface area contributed by atoms with Crippen LogP contribution in [0.25, 0.3) is 0 Å². The quantitative estimate of drug-likeness (QED) is 0.248. The van der Waals surface area contributed by atoms with Crippen molar-refractivity contribution in [1.82, 2.24) is 0 Å². The van der Waals surface area contributed by atoms with Crippen molar-refractivity contribution in [3.63, 3.8) is 0 Å². The molecule has 0 saturated carbocycles. The van der Waals surface area contributed by atoms with Crippen LogP contribution in [0.1, 0.15) is 0 Å². The molecule has 5 N–H and O–H groups in total. The van der Waals surface area contributed by atoms with E-state index in [4.69, 9.17) is 13.7 Å². The predicted molar refractivity (Wildman–Crippen MR) is 67.2 cm³/mol. The van der Waals surface area contributed by atoms with Crippen LogP contribution in [0.3, 0.4) is 0 Å². The maximum Gasteiger partial charge on any atom is 0.397 e. The van der Waals surface area contributed by atoms with E-state index >= 15 is 0 Å². The van der Waals surface area contributed by atoms with Gasteiger partial charge in [0.05, 0.1) is 6.61 Å². The summed E-state index contributed by atoms with van der Waals surface area (Å²) in [4.78, 5) is 0. The van der Waals surface area contributed by atoms with Crippen molar-refractivity contribution in [2.45, 2.75) is 30.7 Å². The summed E-state index contributed by atoms with van der Waals surface area (Å²) in [5, 5.41) is 19.3. The number of ether oxygens (including phenoxy) is 1. The lowest BCUT2D eigenvalue weighted by molar-refractivity contribution is -0.275. The molecule has 1 saturated heterocycles. The van der Waals surface area contributed by atoms with Gasteiger partial charge < -0.3 is 14.9 Å². The van der Waals surface area contributed by atoms with E-state index in [0.717, 1.165) is 0 Å². The molecule has 0 aromatic heterocycles. The maximum absolute atomic E-state index is 10.8. The molecule has 1 heterocycles. The second kappa shape index (κ2) is 7.39. The van der Waals surface area contributed by atoms with Crippen LogP contribution in [0.4, 0.5) is 0 Å². The van der Waals surface area contributed by atoms with Gasteiger partial charge in [-0.1, -0.05) is 0 Å². The molecule has 1 aliphatic heterocycles. The molecule has 0 unspecified atom stereocenters. The standard InChI is InChI=1S/C6H12O15S3/c7-3-4(20-23(12,13)14)2(1-18-22(9,10)11)19-6(8)5(3)21-24(15,16)17/h2-8H,1H2,(H,9,10,11)(H,12,13,14)(H,15,16,17)/t2-,3+,4-,5+,6+/m1/s1. The van der Waals surface area contributed by atoms with E-state index in [1.165, 1.54) is 0 Å². The summed E-state index contributed by atoms with van der Waals surface area (Å²) in [6.45, 7) is -1.22. The van der Waals surface area contributed by atoms with Crippen molar-refractivity contribution < 1.29 is 66.4 Å². The number of hydrogen-bond donors (Lipinski definition) is 5. The Labute approximate surface area is 135 Å². The van der Waals surface area contributed by atoms with Crippen molar-refractivity contribution in [2.24, 2.45) is 0 Å². The Balaban J connectivity index is 3.08. The third kappa shape index (κ3) is 7.16. The molecule has 18 heteroatoms. The second-order valence-electron chi connectivity index (χ2n) is 4.25. The van der Waals surface area contributed by atoms with Gasteiger partial charge in [-0.3, -0.25) is 13.7 Å².